The third kappa shape index (κ3) is 3.91. The minimum atomic E-state index is 0.923. The van der Waals surface area contributed by atoms with E-state index in [2.05, 4.69) is 75.1 Å². The van der Waals surface area contributed by atoms with Gasteiger partial charge in [0, 0.05) is 0 Å². The third-order valence-electron chi connectivity index (χ3n) is 7.55. The van der Waals surface area contributed by atoms with Crippen molar-refractivity contribution in [2.75, 3.05) is 0 Å². The summed E-state index contributed by atoms with van der Waals surface area (Å²) in [5.41, 5.74) is 18.0. The summed E-state index contributed by atoms with van der Waals surface area (Å²) in [7, 11) is 0. The van der Waals surface area contributed by atoms with Crippen molar-refractivity contribution in [3.8, 4) is 0 Å². The third-order valence-corrected chi connectivity index (χ3v) is 7.55. The Morgan fingerprint density at radius 3 is 1.16 bits per heavy atom. The van der Waals surface area contributed by atoms with Gasteiger partial charge in [-0.15, -0.1) is 0 Å². The normalized spacial score (nSPS) is 10.8. The summed E-state index contributed by atoms with van der Waals surface area (Å²) in [5.74, 6) is 3.52. The summed E-state index contributed by atoms with van der Waals surface area (Å²) in [6, 6.07) is 10.1. The van der Waals surface area contributed by atoms with Gasteiger partial charge in [-0.25, -0.2) is 4.99 Å². The molecule has 0 heterocycles. The lowest BCUT2D eigenvalue weighted by atomic mass is 9.80. The number of hydrogen-bond donors (Lipinski definition) is 0. The maximum absolute atomic E-state index is 4.80. The zero-order valence-electron chi connectivity index (χ0n) is 20.8. The number of nitrogens with zero attached hydrogens (tertiary/aromatic N) is 1. The molecule has 0 aliphatic heterocycles. The van der Waals surface area contributed by atoms with Gasteiger partial charge in [0.2, 0.25) is 0 Å². The van der Waals surface area contributed by atoms with Crippen molar-refractivity contribution in [3.05, 3.63) is 97.1 Å². The Bertz CT molecular complexity index is 1100. The van der Waals surface area contributed by atoms with E-state index in [0.717, 1.165) is 11.3 Å². The molecule has 0 saturated carbocycles. The average Bonchev–Trinajstić information content (AvgIpc) is 2.77. The second-order valence-corrected chi connectivity index (χ2v) is 8.93. The molecule has 0 spiro atoms. The van der Waals surface area contributed by atoms with Crippen molar-refractivity contribution < 1.29 is 0 Å². The summed E-state index contributed by atoms with van der Waals surface area (Å²) in [6.07, 6.45) is 0. The van der Waals surface area contributed by atoms with Crippen molar-refractivity contribution in [2.45, 2.75) is 69.2 Å². The molecule has 0 saturated heterocycles. The first-order chi connectivity index (χ1) is 14.6. The van der Waals surface area contributed by atoms with Crippen molar-refractivity contribution in [1.82, 2.24) is 0 Å². The highest BCUT2D eigenvalue weighted by atomic mass is 14.7. The van der Waals surface area contributed by atoms with Crippen LogP contribution in [0, 0.1) is 69.2 Å². The van der Waals surface area contributed by atoms with Gasteiger partial charge in [0.25, 0.3) is 0 Å². The molecule has 0 aliphatic carbocycles. The van der Waals surface area contributed by atoms with Crippen LogP contribution >= 0.6 is 0 Å². The molecule has 160 valence electrons. The van der Waals surface area contributed by atoms with Crippen LogP contribution < -0.4 is 0 Å². The molecular formula is C30H35N. The summed E-state index contributed by atoms with van der Waals surface area (Å²) in [4.78, 5) is 4.80. The van der Waals surface area contributed by atoms with Gasteiger partial charge in [-0.3, -0.25) is 0 Å². The fraction of sp³-hybridized carbons (Fsp3) is 0.333. The van der Waals surface area contributed by atoms with Crippen LogP contribution in [0.5, 0.6) is 0 Å². The lowest BCUT2D eigenvalue weighted by molar-refractivity contribution is 1.14. The quantitative estimate of drug-likeness (QED) is 0.386. The number of para-hydroxylation sites is 1. The molecule has 0 bridgehead atoms. The molecule has 0 N–H and O–H groups in total. The average molecular weight is 410 g/mol. The van der Waals surface area contributed by atoms with Gasteiger partial charge in [0.05, 0.1) is 11.3 Å². The minimum Gasteiger partial charge on any atom is -0.206 e. The monoisotopic (exact) mass is 409 g/mol. The highest BCUT2D eigenvalue weighted by Crippen LogP contribution is 2.38. The van der Waals surface area contributed by atoms with Crippen molar-refractivity contribution in [3.63, 3.8) is 0 Å². The van der Waals surface area contributed by atoms with E-state index >= 15 is 0 Å². The Kier molecular flexibility index (Phi) is 6.39. The van der Waals surface area contributed by atoms with Crippen molar-refractivity contribution >= 4 is 17.1 Å². The smallest absolute Gasteiger partial charge is 0.0729 e. The van der Waals surface area contributed by atoms with Gasteiger partial charge in [-0.2, -0.15) is 0 Å². The van der Waals surface area contributed by atoms with Gasteiger partial charge in [0.1, 0.15) is 0 Å². The molecule has 1 heteroatoms. The van der Waals surface area contributed by atoms with E-state index in [1.165, 1.54) is 66.8 Å². The highest BCUT2D eigenvalue weighted by Gasteiger charge is 2.22. The molecule has 0 unspecified atom stereocenters. The predicted octanol–water partition coefficient (Wildman–Crippen LogP) is 8.20. The van der Waals surface area contributed by atoms with E-state index in [9.17, 15) is 0 Å². The highest BCUT2D eigenvalue weighted by molar-refractivity contribution is 6.03. The maximum atomic E-state index is 4.80. The summed E-state index contributed by atoms with van der Waals surface area (Å²) in [5, 5.41) is 0. The summed E-state index contributed by atoms with van der Waals surface area (Å²) < 4.78 is 0. The second-order valence-electron chi connectivity index (χ2n) is 8.93. The predicted molar refractivity (Wildman–Crippen MR) is 136 cm³/mol. The molecular weight excluding hydrogens is 374 g/mol. The van der Waals surface area contributed by atoms with E-state index in [4.69, 9.17) is 4.99 Å². The van der Waals surface area contributed by atoms with Gasteiger partial charge in [0.15, 0.2) is 0 Å². The Labute approximate surface area is 188 Å². The lowest BCUT2D eigenvalue weighted by Gasteiger charge is -2.24. The van der Waals surface area contributed by atoms with Gasteiger partial charge >= 0.3 is 0 Å². The van der Waals surface area contributed by atoms with Gasteiger partial charge in [-0.05, 0) is 154 Å². The fourth-order valence-corrected chi connectivity index (χ4v) is 4.61. The fourth-order valence-electron chi connectivity index (χ4n) is 4.61. The molecule has 3 aromatic rings. The molecule has 1 nitrogen and oxygen atoms in total. The molecule has 3 aromatic carbocycles. The first kappa shape index (κ1) is 22.8. The minimum absolute atomic E-state index is 0.923. The maximum Gasteiger partial charge on any atom is 0.0729 e. The zero-order valence-corrected chi connectivity index (χ0v) is 20.8. The molecule has 0 radical (unpaired) electrons. The molecule has 0 aromatic heterocycles. The molecule has 31 heavy (non-hydrogen) atoms. The van der Waals surface area contributed by atoms with E-state index in [1.807, 2.05) is 30.3 Å². The lowest BCUT2D eigenvalue weighted by Crippen LogP contribution is -2.08. The van der Waals surface area contributed by atoms with Crippen molar-refractivity contribution in [1.29, 1.82) is 0 Å². The van der Waals surface area contributed by atoms with Crippen molar-refractivity contribution in [2.24, 2.45) is 4.99 Å². The molecule has 3 rings (SSSR count). The van der Waals surface area contributed by atoms with E-state index in [-0.39, 0.29) is 0 Å². The molecule has 0 fully saturated rings. The zero-order chi connectivity index (χ0) is 23.0. The van der Waals surface area contributed by atoms with Gasteiger partial charge < -0.3 is 0 Å². The van der Waals surface area contributed by atoms with Crippen LogP contribution in [-0.2, 0) is 0 Å². The van der Waals surface area contributed by atoms with Crippen LogP contribution in [0.2, 0.25) is 0 Å². The molecule has 0 aliphatic rings. The van der Waals surface area contributed by atoms with E-state index in [0.29, 0.717) is 0 Å². The van der Waals surface area contributed by atoms with Crippen LogP contribution in [0.1, 0.15) is 66.8 Å². The topological polar surface area (TPSA) is 12.4 Å². The summed E-state index contributed by atoms with van der Waals surface area (Å²) in [6.45, 7) is 22.4. The Hall–Kier alpha value is -2.89. The molecule has 0 amide bonds. The van der Waals surface area contributed by atoms with E-state index < -0.39 is 0 Å². The Morgan fingerprint density at radius 1 is 0.484 bits per heavy atom. The number of hydrogen-bond acceptors (Lipinski definition) is 1. The van der Waals surface area contributed by atoms with Gasteiger partial charge in [-0.1, -0.05) is 18.2 Å². The van der Waals surface area contributed by atoms with E-state index in [1.54, 1.807) is 0 Å². The molecule has 0 atom stereocenters. The van der Waals surface area contributed by atoms with Crippen LogP contribution in [0.3, 0.4) is 0 Å². The Morgan fingerprint density at radius 2 is 0.806 bits per heavy atom. The SMILES string of the molecule is Cc1c(C)c(C)c(C(=C=Nc2ccccc2)c2c(C)c(C)c(C)c(C)c2C)c(C)c1C. The van der Waals surface area contributed by atoms with Crippen LogP contribution in [0.25, 0.3) is 5.57 Å². The number of aliphatic imine (C=N–C) groups is 1. The first-order valence-electron chi connectivity index (χ1n) is 11.1. The number of rotatable bonds is 3. The second kappa shape index (κ2) is 8.69. The Balaban J connectivity index is 2.51. The standard InChI is InChI=1S/C30H35N/c1-17-19(3)23(7)29(24(8)20(17)4)28(16-31-27-14-12-11-13-15-27)30-25(9)21(5)18(2)22(6)26(30)10/h11-15H,1-10H3. The van der Waals surface area contributed by atoms with Crippen LogP contribution in [-0.4, -0.2) is 5.87 Å². The van der Waals surface area contributed by atoms with Crippen LogP contribution in [0.4, 0.5) is 5.69 Å². The van der Waals surface area contributed by atoms with Crippen LogP contribution in [0.15, 0.2) is 35.3 Å². The summed E-state index contributed by atoms with van der Waals surface area (Å²) >= 11 is 0. The number of benzene rings is 3. The largest absolute Gasteiger partial charge is 0.206 e. The first-order valence-corrected chi connectivity index (χ1v) is 11.1.